The van der Waals surface area contributed by atoms with Gasteiger partial charge in [0.1, 0.15) is 5.75 Å². The van der Waals surface area contributed by atoms with E-state index in [1.54, 1.807) is 7.11 Å². The van der Waals surface area contributed by atoms with Gasteiger partial charge in [0.25, 0.3) is 0 Å². The van der Waals surface area contributed by atoms with Gasteiger partial charge >= 0.3 is 6.09 Å². The van der Waals surface area contributed by atoms with Gasteiger partial charge in [-0.2, -0.15) is 0 Å². The highest BCUT2D eigenvalue weighted by Gasteiger charge is 2.21. The van der Waals surface area contributed by atoms with E-state index in [4.69, 9.17) is 9.84 Å². The minimum Gasteiger partial charge on any atom is -0.497 e. The van der Waals surface area contributed by atoms with Crippen LogP contribution >= 0.6 is 0 Å². The zero-order valence-corrected chi connectivity index (χ0v) is 14.2. The van der Waals surface area contributed by atoms with Crippen LogP contribution < -0.4 is 15.4 Å². The van der Waals surface area contributed by atoms with E-state index >= 15 is 0 Å². The van der Waals surface area contributed by atoms with Gasteiger partial charge in [0.15, 0.2) is 0 Å². The van der Waals surface area contributed by atoms with Crippen molar-refractivity contribution in [3.05, 3.63) is 65.7 Å². The van der Waals surface area contributed by atoms with Gasteiger partial charge in [0.05, 0.1) is 19.3 Å². The summed E-state index contributed by atoms with van der Waals surface area (Å²) in [5.74, 6) is 0.773. The third-order valence-corrected chi connectivity index (χ3v) is 3.89. The maximum Gasteiger partial charge on any atom is 0.404 e. The van der Waals surface area contributed by atoms with Crippen LogP contribution in [0.5, 0.6) is 5.75 Å². The van der Waals surface area contributed by atoms with Crippen molar-refractivity contribution >= 4 is 6.09 Å². The predicted molar refractivity (Wildman–Crippen MR) is 95.8 cm³/mol. The Kier molecular flexibility index (Phi) is 7.25. The number of methoxy groups -OCH3 is 1. The molecule has 0 fully saturated rings. The van der Waals surface area contributed by atoms with Crippen molar-refractivity contribution in [2.45, 2.75) is 25.1 Å². The maximum absolute atomic E-state index is 11.0. The number of aliphatic hydroxyl groups is 1. The Labute approximate surface area is 147 Å². The van der Waals surface area contributed by atoms with Crippen molar-refractivity contribution < 1.29 is 19.7 Å². The molecule has 2 rings (SSSR count). The van der Waals surface area contributed by atoms with Crippen LogP contribution in [-0.4, -0.2) is 42.1 Å². The molecule has 0 aromatic heterocycles. The Morgan fingerprint density at radius 1 is 1.12 bits per heavy atom. The summed E-state index contributed by atoms with van der Waals surface area (Å²) in [4.78, 5) is 11.0. The molecule has 0 bridgehead atoms. The number of aliphatic hydroxyl groups excluding tert-OH is 1. The second-order valence-corrected chi connectivity index (χ2v) is 5.80. The predicted octanol–water partition coefficient (Wildman–Crippen LogP) is 2.02. The average Bonchev–Trinajstić information content (AvgIpc) is 2.62. The first kappa shape index (κ1) is 18.8. The van der Waals surface area contributed by atoms with Gasteiger partial charge in [-0.25, -0.2) is 4.79 Å². The molecule has 6 heteroatoms. The number of nitrogens with one attached hydrogen (secondary N) is 2. The highest BCUT2D eigenvalue weighted by molar-refractivity contribution is 5.65. The Morgan fingerprint density at radius 2 is 1.84 bits per heavy atom. The summed E-state index contributed by atoms with van der Waals surface area (Å²) in [7, 11) is 1.61. The van der Waals surface area contributed by atoms with E-state index in [1.807, 2.05) is 54.6 Å². The van der Waals surface area contributed by atoms with Crippen LogP contribution in [0.25, 0.3) is 0 Å². The van der Waals surface area contributed by atoms with Crippen LogP contribution in [0.15, 0.2) is 54.6 Å². The highest BCUT2D eigenvalue weighted by atomic mass is 16.5. The van der Waals surface area contributed by atoms with Crippen molar-refractivity contribution in [2.24, 2.45) is 0 Å². The molecule has 0 heterocycles. The molecular weight excluding hydrogens is 320 g/mol. The molecule has 0 aliphatic carbocycles. The summed E-state index contributed by atoms with van der Waals surface area (Å²) >= 11 is 0. The highest BCUT2D eigenvalue weighted by Crippen LogP contribution is 2.12. The van der Waals surface area contributed by atoms with E-state index in [2.05, 4.69) is 10.6 Å². The maximum atomic E-state index is 11.0. The molecule has 0 saturated carbocycles. The second kappa shape index (κ2) is 9.66. The molecule has 0 aliphatic rings. The number of carboxylic acid groups (broad SMARTS) is 1. The van der Waals surface area contributed by atoms with Gasteiger partial charge in [0.2, 0.25) is 0 Å². The van der Waals surface area contributed by atoms with Crippen LogP contribution in [0.2, 0.25) is 0 Å². The first-order chi connectivity index (χ1) is 12.1. The van der Waals surface area contributed by atoms with E-state index in [0.717, 1.165) is 16.9 Å². The van der Waals surface area contributed by atoms with E-state index in [-0.39, 0.29) is 6.54 Å². The molecule has 0 saturated heterocycles. The summed E-state index contributed by atoms with van der Waals surface area (Å²) < 4.78 is 5.18. The second-order valence-electron chi connectivity index (χ2n) is 5.80. The molecule has 25 heavy (non-hydrogen) atoms. The molecule has 0 radical (unpaired) electrons. The number of benzene rings is 2. The Bertz CT molecular complexity index is 663. The molecule has 2 aromatic carbocycles. The van der Waals surface area contributed by atoms with Crippen LogP contribution in [0.4, 0.5) is 4.79 Å². The van der Waals surface area contributed by atoms with Gasteiger partial charge in [-0.1, -0.05) is 42.5 Å². The number of amides is 1. The normalized spacial score (nSPS) is 13.0. The summed E-state index contributed by atoms with van der Waals surface area (Å²) in [6, 6.07) is 16.5. The topological polar surface area (TPSA) is 90.8 Å². The van der Waals surface area contributed by atoms with Gasteiger partial charge in [-0.05, 0) is 29.7 Å². The van der Waals surface area contributed by atoms with Gasteiger partial charge in [-0.15, -0.1) is 0 Å². The molecule has 0 aliphatic heterocycles. The van der Waals surface area contributed by atoms with Crippen molar-refractivity contribution in [1.29, 1.82) is 0 Å². The third-order valence-electron chi connectivity index (χ3n) is 3.89. The minimum absolute atomic E-state index is 0.273. The van der Waals surface area contributed by atoms with Gasteiger partial charge < -0.3 is 25.6 Å². The first-order valence-electron chi connectivity index (χ1n) is 8.13. The standard InChI is InChI=1S/C19H24N2O4/c1-25-16-9-5-8-15(10-16)12-20-13-18(22)17(21-19(23)24)11-14-6-3-2-4-7-14/h2-10,17-18,20-22H,11-13H2,1H3,(H,23,24)/t17-,18+/m0/s1. The van der Waals surface area contributed by atoms with Crippen molar-refractivity contribution in [1.82, 2.24) is 10.6 Å². The van der Waals surface area contributed by atoms with Crippen molar-refractivity contribution in [2.75, 3.05) is 13.7 Å². The number of hydrogen-bond donors (Lipinski definition) is 4. The lowest BCUT2D eigenvalue weighted by molar-refractivity contribution is 0.117. The first-order valence-corrected chi connectivity index (χ1v) is 8.13. The minimum atomic E-state index is -1.15. The van der Waals surface area contributed by atoms with E-state index in [0.29, 0.717) is 13.0 Å². The van der Waals surface area contributed by atoms with Crippen LogP contribution in [0.1, 0.15) is 11.1 Å². The molecular formula is C19H24N2O4. The molecule has 2 aromatic rings. The Morgan fingerprint density at radius 3 is 2.52 bits per heavy atom. The van der Waals surface area contributed by atoms with Gasteiger partial charge in [0, 0.05) is 13.1 Å². The lowest BCUT2D eigenvalue weighted by Crippen LogP contribution is -2.48. The zero-order chi connectivity index (χ0) is 18.1. The lowest BCUT2D eigenvalue weighted by Gasteiger charge is -2.23. The van der Waals surface area contributed by atoms with Crippen molar-refractivity contribution in [3.8, 4) is 5.75 Å². The molecule has 0 unspecified atom stereocenters. The lowest BCUT2D eigenvalue weighted by atomic mass is 10.0. The molecule has 6 nitrogen and oxygen atoms in total. The number of hydrogen-bond acceptors (Lipinski definition) is 4. The number of rotatable bonds is 9. The molecule has 0 spiro atoms. The Hall–Kier alpha value is -2.57. The summed E-state index contributed by atoms with van der Waals surface area (Å²) in [6.45, 7) is 0.828. The van der Waals surface area contributed by atoms with E-state index in [1.165, 1.54) is 0 Å². The summed E-state index contributed by atoms with van der Waals surface area (Å²) in [6.07, 6.45) is -1.57. The van der Waals surface area contributed by atoms with Crippen LogP contribution in [0.3, 0.4) is 0 Å². The fraction of sp³-hybridized carbons (Fsp3) is 0.316. The summed E-state index contributed by atoms with van der Waals surface area (Å²) in [5.41, 5.74) is 1.99. The van der Waals surface area contributed by atoms with Gasteiger partial charge in [-0.3, -0.25) is 0 Å². The van der Waals surface area contributed by atoms with Crippen LogP contribution in [-0.2, 0) is 13.0 Å². The number of ether oxygens (including phenoxy) is 1. The fourth-order valence-corrected chi connectivity index (χ4v) is 2.60. The quantitative estimate of drug-likeness (QED) is 0.559. The SMILES string of the molecule is COc1cccc(CNC[C@@H](O)[C@H](Cc2ccccc2)NC(=O)O)c1. The average molecular weight is 344 g/mol. The molecule has 4 N–H and O–H groups in total. The van der Waals surface area contributed by atoms with E-state index < -0.39 is 18.2 Å². The number of carbonyl (C=O) groups is 1. The molecule has 2 atom stereocenters. The van der Waals surface area contributed by atoms with Crippen molar-refractivity contribution in [3.63, 3.8) is 0 Å². The monoisotopic (exact) mass is 344 g/mol. The molecule has 1 amide bonds. The smallest absolute Gasteiger partial charge is 0.404 e. The largest absolute Gasteiger partial charge is 0.497 e. The Balaban J connectivity index is 1.89. The molecule has 134 valence electrons. The van der Waals surface area contributed by atoms with E-state index in [9.17, 15) is 9.90 Å². The summed E-state index contributed by atoms with van der Waals surface area (Å²) in [5, 5.41) is 25.0. The fourth-order valence-electron chi connectivity index (χ4n) is 2.60. The van der Waals surface area contributed by atoms with Crippen LogP contribution in [0, 0.1) is 0 Å². The zero-order valence-electron chi connectivity index (χ0n) is 14.2. The third kappa shape index (κ3) is 6.45.